The summed E-state index contributed by atoms with van der Waals surface area (Å²) in [5.41, 5.74) is -0.419. The Balaban J connectivity index is 2.77. The highest BCUT2D eigenvalue weighted by atomic mass is 32.2. The molecule has 0 unspecified atom stereocenters. The van der Waals surface area contributed by atoms with Crippen LogP contribution in [-0.2, 0) is 21.1 Å². The number of nitro groups is 1. The van der Waals surface area contributed by atoms with Crippen LogP contribution in [0, 0.1) is 10.1 Å². The van der Waals surface area contributed by atoms with Gasteiger partial charge in [-0.15, -0.1) is 0 Å². The van der Waals surface area contributed by atoms with Gasteiger partial charge in [-0.3, -0.25) is 19.4 Å². The fourth-order valence-electron chi connectivity index (χ4n) is 0.711. The van der Waals surface area contributed by atoms with Crippen LogP contribution in [0.4, 0.5) is 5.69 Å². The first kappa shape index (κ1) is 10.6. The largest absolute Gasteiger partial charge is 0.333 e. The maximum atomic E-state index is 10.4. The zero-order valence-electron chi connectivity index (χ0n) is 6.71. The number of H-pyrrole nitrogens is 1. The molecule has 1 rings (SSSR count). The van der Waals surface area contributed by atoms with Crippen LogP contribution in [0.2, 0.25) is 0 Å². The summed E-state index contributed by atoms with van der Waals surface area (Å²) in [6.07, 6.45) is 0.946. The van der Waals surface area contributed by atoms with Crippen LogP contribution in [0.3, 0.4) is 0 Å². The van der Waals surface area contributed by atoms with Crippen LogP contribution in [0.15, 0.2) is 6.20 Å². The zero-order chi connectivity index (χ0) is 10.8. The van der Waals surface area contributed by atoms with E-state index in [1.54, 1.807) is 0 Å². The Morgan fingerprint density at radius 3 is 2.86 bits per heavy atom. The lowest BCUT2D eigenvalue weighted by Crippen LogP contribution is -2.16. The molecular weight excluding hydrogens is 216 g/mol. The van der Waals surface area contributed by atoms with E-state index in [-0.39, 0.29) is 11.4 Å². The van der Waals surface area contributed by atoms with E-state index in [1.807, 2.05) is 0 Å². The highest BCUT2D eigenvalue weighted by molar-refractivity contribution is 7.84. The number of hydrogen-bond acceptors (Lipinski definition) is 6. The minimum Gasteiger partial charge on any atom is -0.273 e. The van der Waals surface area contributed by atoms with Crippen molar-refractivity contribution in [3.05, 3.63) is 22.0 Å². The van der Waals surface area contributed by atoms with Gasteiger partial charge < -0.3 is 0 Å². The highest BCUT2D eigenvalue weighted by Gasteiger charge is 2.17. The van der Waals surface area contributed by atoms with Gasteiger partial charge in [-0.05, 0) is 0 Å². The lowest BCUT2D eigenvalue weighted by Gasteiger charge is -1.97. The molecule has 9 nitrogen and oxygen atoms in total. The molecule has 0 saturated heterocycles. The molecular formula is C4H6N4O5S. The van der Waals surface area contributed by atoms with Gasteiger partial charge in [-0.2, -0.15) is 13.5 Å². The molecule has 1 aromatic heterocycles. The second-order valence-electron chi connectivity index (χ2n) is 2.25. The second-order valence-corrected chi connectivity index (χ2v) is 3.47. The van der Waals surface area contributed by atoms with E-state index in [1.165, 1.54) is 0 Å². The predicted octanol–water partition coefficient (Wildman–Crippen LogP) is -0.962. The Morgan fingerprint density at radius 2 is 2.36 bits per heavy atom. The predicted molar refractivity (Wildman–Crippen MR) is 43.1 cm³/mol. The lowest BCUT2D eigenvalue weighted by molar-refractivity contribution is -0.385. The van der Waals surface area contributed by atoms with Gasteiger partial charge in [0.25, 0.3) is 0 Å². The quantitative estimate of drug-likeness (QED) is 0.496. The highest BCUT2D eigenvalue weighted by Crippen LogP contribution is 2.15. The molecule has 0 bridgehead atoms. The van der Waals surface area contributed by atoms with E-state index in [0.29, 0.717) is 0 Å². The maximum Gasteiger partial charge on any atom is 0.333 e. The number of nitrogens with one attached hydrogen (secondary N) is 1. The number of nitrogens with two attached hydrogens (primary N) is 1. The average molecular weight is 222 g/mol. The fraction of sp³-hybridized carbons (Fsp3) is 0.250. The van der Waals surface area contributed by atoms with Crippen LogP contribution in [0.25, 0.3) is 0 Å². The van der Waals surface area contributed by atoms with Gasteiger partial charge in [-0.1, -0.05) is 0 Å². The Kier molecular flexibility index (Phi) is 2.78. The van der Waals surface area contributed by atoms with Crippen molar-refractivity contribution in [3.8, 4) is 0 Å². The summed E-state index contributed by atoms with van der Waals surface area (Å²) in [5, 5.41) is 20.4. The van der Waals surface area contributed by atoms with Crippen molar-refractivity contribution >= 4 is 16.0 Å². The fourth-order valence-corrected chi connectivity index (χ4v) is 0.993. The first-order valence-electron chi connectivity index (χ1n) is 3.24. The van der Waals surface area contributed by atoms with Crippen LogP contribution < -0.4 is 5.14 Å². The van der Waals surface area contributed by atoms with Gasteiger partial charge in [0, 0.05) is 0 Å². The standard InChI is InChI=1S/C4H6N4O5S/c5-14(11,12)13-2-3-4(8(9)10)1-6-7-3/h1H,2H2,(H,6,7)(H2,5,11,12). The first-order valence-corrected chi connectivity index (χ1v) is 4.71. The third kappa shape index (κ3) is 2.76. The topological polar surface area (TPSA) is 141 Å². The summed E-state index contributed by atoms with van der Waals surface area (Å²) < 4.78 is 24.9. The van der Waals surface area contributed by atoms with E-state index in [0.717, 1.165) is 6.20 Å². The van der Waals surface area contributed by atoms with Crippen molar-refractivity contribution in [1.29, 1.82) is 0 Å². The molecule has 1 aromatic rings. The summed E-state index contributed by atoms with van der Waals surface area (Å²) in [6.45, 7) is -0.546. The maximum absolute atomic E-state index is 10.4. The molecule has 3 N–H and O–H groups in total. The van der Waals surface area contributed by atoms with E-state index in [2.05, 4.69) is 19.5 Å². The SMILES string of the molecule is NS(=O)(=O)OCc1[nH]ncc1[N+](=O)[O-]. The molecule has 0 fully saturated rings. The molecule has 0 aromatic carbocycles. The molecule has 78 valence electrons. The monoisotopic (exact) mass is 222 g/mol. The second kappa shape index (κ2) is 3.69. The third-order valence-corrected chi connectivity index (χ3v) is 1.71. The number of aromatic nitrogens is 2. The first-order chi connectivity index (χ1) is 6.40. The minimum atomic E-state index is -4.11. The third-order valence-electron chi connectivity index (χ3n) is 1.26. The van der Waals surface area contributed by atoms with Gasteiger partial charge in [0.2, 0.25) is 0 Å². The van der Waals surface area contributed by atoms with Crippen LogP contribution >= 0.6 is 0 Å². The lowest BCUT2D eigenvalue weighted by atomic mass is 10.4. The van der Waals surface area contributed by atoms with Crippen LogP contribution in [-0.4, -0.2) is 23.5 Å². The summed E-state index contributed by atoms with van der Waals surface area (Å²) in [7, 11) is -4.11. The Morgan fingerprint density at radius 1 is 1.71 bits per heavy atom. The van der Waals surface area contributed by atoms with E-state index < -0.39 is 21.8 Å². The summed E-state index contributed by atoms with van der Waals surface area (Å²) >= 11 is 0. The van der Waals surface area contributed by atoms with Gasteiger partial charge in [0.05, 0.1) is 4.92 Å². The Bertz CT molecular complexity index is 436. The average Bonchev–Trinajstić information content (AvgIpc) is 2.46. The molecule has 0 saturated carbocycles. The van der Waals surface area contributed by atoms with Gasteiger partial charge in [-0.25, -0.2) is 5.14 Å². The molecule has 1 heterocycles. The van der Waals surface area contributed by atoms with Crippen LogP contribution in [0.1, 0.15) is 5.69 Å². The summed E-state index contributed by atoms with van der Waals surface area (Å²) in [4.78, 5) is 9.60. The molecule has 0 spiro atoms. The van der Waals surface area contributed by atoms with Gasteiger partial charge in [0.1, 0.15) is 18.5 Å². The van der Waals surface area contributed by atoms with Crippen LogP contribution in [0.5, 0.6) is 0 Å². The van der Waals surface area contributed by atoms with Crippen molar-refractivity contribution < 1.29 is 17.5 Å². The molecule has 0 atom stereocenters. The van der Waals surface area contributed by atoms with Crippen molar-refractivity contribution in [2.24, 2.45) is 5.14 Å². The normalized spacial score (nSPS) is 11.5. The smallest absolute Gasteiger partial charge is 0.273 e. The van der Waals surface area contributed by atoms with Crippen molar-refractivity contribution in [2.75, 3.05) is 0 Å². The number of aromatic amines is 1. The van der Waals surface area contributed by atoms with Crippen molar-refractivity contribution in [3.63, 3.8) is 0 Å². The number of rotatable bonds is 4. The molecule has 0 aliphatic carbocycles. The molecule has 0 aliphatic heterocycles. The molecule has 0 radical (unpaired) electrons. The van der Waals surface area contributed by atoms with Gasteiger partial charge >= 0.3 is 16.0 Å². The number of hydrogen-bond donors (Lipinski definition) is 2. The van der Waals surface area contributed by atoms with Crippen molar-refractivity contribution in [2.45, 2.75) is 6.61 Å². The summed E-state index contributed by atoms with van der Waals surface area (Å²) in [6, 6.07) is 0. The van der Waals surface area contributed by atoms with Gasteiger partial charge in [0.15, 0.2) is 0 Å². The molecule has 0 aliphatic rings. The molecule has 14 heavy (non-hydrogen) atoms. The number of nitrogens with zero attached hydrogens (tertiary/aromatic N) is 2. The minimum absolute atomic E-state index is 0.0657. The zero-order valence-corrected chi connectivity index (χ0v) is 7.52. The van der Waals surface area contributed by atoms with E-state index >= 15 is 0 Å². The van der Waals surface area contributed by atoms with E-state index in [9.17, 15) is 18.5 Å². The Labute approximate surface area is 78.3 Å². The van der Waals surface area contributed by atoms with E-state index in [4.69, 9.17) is 0 Å². The Hall–Kier alpha value is -1.52. The van der Waals surface area contributed by atoms with Crippen molar-refractivity contribution in [1.82, 2.24) is 10.2 Å². The molecule has 0 amide bonds. The molecule has 10 heteroatoms. The summed E-state index contributed by atoms with van der Waals surface area (Å²) in [5.74, 6) is 0.